The third-order valence-corrected chi connectivity index (χ3v) is 6.88. The van der Waals surface area contributed by atoms with Crippen LogP contribution in [-0.2, 0) is 19.0 Å². The van der Waals surface area contributed by atoms with Crippen molar-refractivity contribution in [3.63, 3.8) is 0 Å². The van der Waals surface area contributed by atoms with E-state index in [4.69, 9.17) is 14.2 Å². The Labute approximate surface area is 228 Å². The first kappa shape index (κ1) is 32.0. The molecule has 1 heterocycles. The smallest absolute Gasteiger partial charge is 0.338 e. The van der Waals surface area contributed by atoms with Crippen LogP contribution in [0.4, 0.5) is 0 Å². The molecule has 0 radical (unpaired) electrons. The van der Waals surface area contributed by atoms with Gasteiger partial charge in [0.25, 0.3) is 0 Å². The van der Waals surface area contributed by atoms with Gasteiger partial charge in [0.15, 0.2) is 6.10 Å². The van der Waals surface area contributed by atoms with E-state index in [9.17, 15) is 19.8 Å². The summed E-state index contributed by atoms with van der Waals surface area (Å²) in [4.78, 5) is 24.2. The highest BCUT2D eigenvalue weighted by Crippen LogP contribution is 2.22. The van der Waals surface area contributed by atoms with Gasteiger partial charge >= 0.3 is 11.9 Å². The minimum atomic E-state index is -1.21. The number of hydrogen-bond acceptors (Lipinski definition) is 7. The van der Waals surface area contributed by atoms with Crippen molar-refractivity contribution in [1.82, 2.24) is 0 Å². The van der Waals surface area contributed by atoms with Crippen molar-refractivity contribution in [2.24, 2.45) is 0 Å². The van der Waals surface area contributed by atoms with Gasteiger partial charge in [-0.2, -0.15) is 0 Å². The van der Waals surface area contributed by atoms with Gasteiger partial charge in [-0.3, -0.25) is 4.79 Å². The van der Waals surface area contributed by atoms with Gasteiger partial charge in [0.1, 0.15) is 24.9 Å². The molecule has 0 unspecified atom stereocenters. The molecule has 214 valence electrons. The SMILES string of the molecule is CCCCCCCC/C=C\CCCCCCCC(=O)OC[C@@H](O)[C@H]1OC[C@H](OC(=O)c2ccccc2)[C@H]1O. The van der Waals surface area contributed by atoms with Gasteiger partial charge in [0, 0.05) is 6.42 Å². The van der Waals surface area contributed by atoms with Crippen LogP contribution in [0.2, 0.25) is 0 Å². The molecule has 2 rings (SSSR count). The summed E-state index contributed by atoms with van der Waals surface area (Å²) in [5, 5.41) is 20.8. The van der Waals surface area contributed by atoms with E-state index < -0.39 is 30.4 Å². The minimum Gasteiger partial charge on any atom is -0.463 e. The Morgan fingerprint density at radius 1 is 0.947 bits per heavy atom. The van der Waals surface area contributed by atoms with E-state index in [0.717, 1.165) is 32.1 Å². The molecule has 0 aromatic heterocycles. The predicted molar refractivity (Wildman–Crippen MR) is 148 cm³/mol. The fraction of sp³-hybridized carbons (Fsp3) is 0.677. The first-order valence-electron chi connectivity index (χ1n) is 14.6. The zero-order valence-corrected chi connectivity index (χ0v) is 23.1. The van der Waals surface area contributed by atoms with Crippen LogP contribution < -0.4 is 0 Å². The molecule has 4 atom stereocenters. The Bertz CT molecular complexity index is 795. The highest BCUT2D eigenvalue weighted by Gasteiger charge is 2.42. The Hall–Kier alpha value is -2.22. The monoisotopic (exact) mass is 532 g/mol. The van der Waals surface area contributed by atoms with Crippen molar-refractivity contribution >= 4 is 11.9 Å². The zero-order valence-electron chi connectivity index (χ0n) is 23.1. The molecule has 1 fully saturated rings. The molecule has 7 heteroatoms. The Balaban J connectivity index is 1.46. The molecule has 0 bridgehead atoms. The second kappa shape index (κ2) is 19.8. The number of hydrogen-bond donors (Lipinski definition) is 2. The molecule has 38 heavy (non-hydrogen) atoms. The third-order valence-electron chi connectivity index (χ3n) is 6.88. The van der Waals surface area contributed by atoms with Gasteiger partial charge in [0.05, 0.1) is 12.2 Å². The van der Waals surface area contributed by atoms with Crippen LogP contribution in [0.5, 0.6) is 0 Å². The van der Waals surface area contributed by atoms with Crippen molar-refractivity contribution in [3.8, 4) is 0 Å². The van der Waals surface area contributed by atoms with Gasteiger partial charge in [0.2, 0.25) is 0 Å². The summed E-state index contributed by atoms with van der Waals surface area (Å²) in [6.07, 6.45) is 16.1. The normalized spacial score (nSPS) is 20.0. The Morgan fingerprint density at radius 2 is 1.55 bits per heavy atom. The van der Waals surface area contributed by atoms with E-state index in [2.05, 4.69) is 19.1 Å². The van der Waals surface area contributed by atoms with E-state index in [1.54, 1.807) is 30.3 Å². The number of esters is 2. The number of benzene rings is 1. The van der Waals surface area contributed by atoms with Crippen molar-refractivity contribution in [3.05, 3.63) is 48.0 Å². The maximum atomic E-state index is 12.2. The number of aliphatic hydroxyl groups is 2. The summed E-state index contributed by atoms with van der Waals surface area (Å²) in [6.45, 7) is 1.94. The highest BCUT2D eigenvalue weighted by molar-refractivity contribution is 5.89. The Morgan fingerprint density at radius 3 is 2.21 bits per heavy atom. The summed E-state index contributed by atoms with van der Waals surface area (Å²) in [5.41, 5.74) is 0.369. The Kier molecular flexibility index (Phi) is 16.7. The van der Waals surface area contributed by atoms with Gasteiger partial charge in [-0.15, -0.1) is 0 Å². The first-order chi connectivity index (χ1) is 18.5. The molecule has 1 aliphatic heterocycles. The van der Waals surface area contributed by atoms with Crippen LogP contribution in [0.15, 0.2) is 42.5 Å². The summed E-state index contributed by atoms with van der Waals surface area (Å²) >= 11 is 0. The molecule has 1 aromatic rings. The molecule has 1 aromatic carbocycles. The molecule has 0 aliphatic carbocycles. The number of carbonyl (C=O) groups excluding carboxylic acids is 2. The lowest BCUT2D eigenvalue weighted by Gasteiger charge is -2.22. The molecule has 0 amide bonds. The second-order valence-electron chi connectivity index (χ2n) is 10.2. The number of ether oxygens (including phenoxy) is 3. The highest BCUT2D eigenvalue weighted by atomic mass is 16.6. The van der Waals surface area contributed by atoms with Gasteiger partial charge in [-0.1, -0.05) is 88.6 Å². The lowest BCUT2D eigenvalue weighted by molar-refractivity contribution is -0.151. The quantitative estimate of drug-likeness (QED) is 0.122. The van der Waals surface area contributed by atoms with Crippen LogP contribution in [0.1, 0.15) is 107 Å². The van der Waals surface area contributed by atoms with Gasteiger partial charge in [-0.25, -0.2) is 4.79 Å². The topological polar surface area (TPSA) is 102 Å². The molecule has 1 saturated heterocycles. The fourth-order valence-corrected chi connectivity index (χ4v) is 4.52. The summed E-state index contributed by atoms with van der Waals surface area (Å²) < 4.78 is 15.9. The second-order valence-corrected chi connectivity index (χ2v) is 10.2. The number of aliphatic hydroxyl groups excluding tert-OH is 2. The molecular formula is C31H48O7. The average Bonchev–Trinajstić information content (AvgIpc) is 3.29. The van der Waals surface area contributed by atoms with Crippen LogP contribution in [0.25, 0.3) is 0 Å². The summed E-state index contributed by atoms with van der Waals surface area (Å²) in [5.74, 6) is -0.944. The molecule has 0 saturated carbocycles. The average molecular weight is 533 g/mol. The van der Waals surface area contributed by atoms with E-state index in [1.165, 1.54) is 51.4 Å². The third kappa shape index (κ3) is 13.0. The largest absolute Gasteiger partial charge is 0.463 e. The van der Waals surface area contributed by atoms with Crippen LogP contribution in [-0.4, -0.2) is 59.8 Å². The van der Waals surface area contributed by atoms with Crippen LogP contribution >= 0.6 is 0 Å². The predicted octanol–water partition coefficient (Wildman–Crippen LogP) is 5.91. The van der Waals surface area contributed by atoms with Gasteiger partial charge < -0.3 is 24.4 Å². The molecule has 2 N–H and O–H groups in total. The number of carbonyl (C=O) groups is 2. The van der Waals surface area contributed by atoms with Gasteiger partial charge in [-0.05, 0) is 44.2 Å². The molecular weight excluding hydrogens is 484 g/mol. The number of allylic oxidation sites excluding steroid dienone is 2. The minimum absolute atomic E-state index is 0.0374. The molecule has 7 nitrogen and oxygen atoms in total. The van der Waals surface area contributed by atoms with Crippen molar-refractivity contribution in [2.75, 3.05) is 13.2 Å². The maximum absolute atomic E-state index is 12.2. The fourth-order valence-electron chi connectivity index (χ4n) is 4.52. The summed E-state index contributed by atoms with van der Waals surface area (Å²) in [6, 6.07) is 8.46. The number of rotatable bonds is 20. The maximum Gasteiger partial charge on any atom is 0.338 e. The first-order valence-corrected chi connectivity index (χ1v) is 14.6. The standard InChI is InChI=1S/C31H48O7/c1-2-3-4-5-6-7-8-9-10-11-12-13-14-15-19-22-28(33)36-23-26(32)30-29(34)27(24-37-30)38-31(35)25-20-17-16-18-21-25/h9-10,16-18,20-21,26-27,29-30,32,34H,2-8,11-15,19,22-24H2,1H3/b10-9-/t26-,27+,29-,30-/m1/s1. The molecule has 1 aliphatic rings. The van der Waals surface area contributed by atoms with Crippen molar-refractivity contribution in [2.45, 2.75) is 121 Å². The molecule has 0 spiro atoms. The number of unbranched alkanes of at least 4 members (excludes halogenated alkanes) is 11. The van der Waals surface area contributed by atoms with Crippen LogP contribution in [0.3, 0.4) is 0 Å². The van der Waals surface area contributed by atoms with E-state index >= 15 is 0 Å². The van der Waals surface area contributed by atoms with Crippen LogP contribution in [0, 0.1) is 0 Å². The summed E-state index contributed by atoms with van der Waals surface area (Å²) in [7, 11) is 0. The lowest BCUT2D eigenvalue weighted by atomic mass is 10.1. The van der Waals surface area contributed by atoms with Crippen molar-refractivity contribution < 1.29 is 34.0 Å². The van der Waals surface area contributed by atoms with E-state index in [0.29, 0.717) is 12.0 Å². The lowest BCUT2D eigenvalue weighted by Crippen LogP contribution is -2.42. The zero-order chi connectivity index (χ0) is 27.4. The van der Waals surface area contributed by atoms with Crippen molar-refractivity contribution in [1.29, 1.82) is 0 Å². The van der Waals surface area contributed by atoms with E-state index in [1.807, 2.05) is 0 Å². The van der Waals surface area contributed by atoms with E-state index in [-0.39, 0.29) is 19.2 Å².